The van der Waals surface area contributed by atoms with Crippen molar-refractivity contribution in [1.82, 2.24) is 0 Å². The van der Waals surface area contributed by atoms with Gasteiger partial charge in [-0.25, -0.2) is 9.59 Å². The summed E-state index contributed by atoms with van der Waals surface area (Å²) in [5.74, 6) is 0.421. The van der Waals surface area contributed by atoms with E-state index in [4.69, 9.17) is 18.9 Å². The van der Waals surface area contributed by atoms with Crippen LogP contribution in [0, 0.1) is 16.7 Å². The lowest BCUT2D eigenvalue weighted by Crippen LogP contribution is -2.38. The Hall–Kier alpha value is -3.48. The van der Waals surface area contributed by atoms with Crippen LogP contribution in [-0.2, 0) is 23.8 Å². The molecule has 0 N–H and O–H groups in total. The van der Waals surface area contributed by atoms with Gasteiger partial charge in [0, 0.05) is 11.5 Å². The molecule has 0 heterocycles. The van der Waals surface area contributed by atoms with Crippen LogP contribution in [0.1, 0.15) is 102 Å². The molecule has 5 unspecified atom stereocenters. The molecule has 5 atom stereocenters. The average molecular weight is 615 g/mol. The number of carbonyl (C=O) groups excluding carboxylic acids is 2. The monoisotopic (exact) mass is 614 g/mol. The van der Waals surface area contributed by atoms with Crippen molar-refractivity contribution in [3.05, 3.63) is 91.0 Å². The molecular formula is C39H50O6. The fourth-order valence-corrected chi connectivity index (χ4v) is 7.11. The van der Waals surface area contributed by atoms with Crippen molar-refractivity contribution in [2.75, 3.05) is 0 Å². The number of rotatable bonds is 11. The van der Waals surface area contributed by atoms with Crippen molar-refractivity contribution < 1.29 is 28.5 Å². The minimum atomic E-state index is -0.887. The van der Waals surface area contributed by atoms with Gasteiger partial charge >= 0.3 is 11.9 Å². The largest absolute Gasteiger partial charge is 0.459 e. The minimum absolute atomic E-state index is 0.0942. The van der Waals surface area contributed by atoms with E-state index in [1.54, 1.807) is 24.3 Å². The van der Waals surface area contributed by atoms with Crippen molar-refractivity contribution in [3.8, 4) is 5.75 Å². The second kappa shape index (κ2) is 15.2. The maximum atomic E-state index is 13.0. The molecule has 0 saturated heterocycles. The maximum Gasteiger partial charge on any atom is 0.345 e. The first kappa shape index (κ1) is 34.4. The molecule has 6 heteroatoms. The molecule has 45 heavy (non-hydrogen) atoms. The van der Waals surface area contributed by atoms with Gasteiger partial charge in [-0.05, 0) is 79.2 Å². The Balaban J connectivity index is 0.000000256. The molecule has 242 valence electrons. The lowest BCUT2D eigenvalue weighted by Gasteiger charge is -2.38. The molecule has 0 spiro atoms. The van der Waals surface area contributed by atoms with Crippen LogP contribution in [0.25, 0.3) is 12.2 Å². The van der Waals surface area contributed by atoms with Gasteiger partial charge in [-0.1, -0.05) is 108 Å². The normalized spacial score (nSPS) is 24.8. The van der Waals surface area contributed by atoms with Crippen molar-refractivity contribution in [1.29, 1.82) is 0 Å². The van der Waals surface area contributed by atoms with E-state index < -0.39 is 18.4 Å². The Labute approximate surface area is 269 Å². The molecule has 2 aromatic carbocycles. The van der Waals surface area contributed by atoms with E-state index in [0.717, 1.165) is 30.4 Å². The van der Waals surface area contributed by atoms with Crippen molar-refractivity contribution >= 4 is 24.1 Å². The Bertz CT molecular complexity index is 1320. The molecule has 3 saturated carbocycles. The third-order valence-electron chi connectivity index (χ3n) is 10.4. The standard InChI is InChI=1S/C26H30O4.C13H20O2/c1-4-20-11-15-22(16-12-20)25(29-19(3)28-23-9-7-6-8-10-23)26(27)30-24-17-13-21(5-2)14-18-24;1-5-11(14)15-10-8-9-6-7-13(10,4)12(9,2)3/h4-5,11-19,23,25H,1-2,6-10H2,3H3;5,9-10H,1,6-8H2,2-4H3. The predicted molar refractivity (Wildman–Crippen MR) is 179 cm³/mol. The molecule has 0 aliphatic heterocycles. The molecule has 3 fully saturated rings. The van der Waals surface area contributed by atoms with Crippen LogP contribution in [-0.4, -0.2) is 30.4 Å². The topological polar surface area (TPSA) is 71.1 Å². The van der Waals surface area contributed by atoms with Gasteiger partial charge in [-0.3, -0.25) is 0 Å². The Kier molecular flexibility index (Phi) is 11.6. The first-order valence-corrected chi connectivity index (χ1v) is 16.3. The lowest BCUT2D eigenvalue weighted by atomic mass is 9.70. The van der Waals surface area contributed by atoms with Gasteiger partial charge in [0.25, 0.3) is 0 Å². The summed E-state index contributed by atoms with van der Waals surface area (Å²) in [6.07, 6.45) is 12.8. The van der Waals surface area contributed by atoms with E-state index in [2.05, 4.69) is 40.5 Å². The first-order valence-electron chi connectivity index (χ1n) is 16.3. The fourth-order valence-electron chi connectivity index (χ4n) is 7.11. The summed E-state index contributed by atoms with van der Waals surface area (Å²) in [5, 5.41) is 0. The number of carbonyl (C=O) groups is 2. The zero-order valence-electron chi connectivity index (χ0n) is 27.5. The van der Waals surface area contributed by atoms with E-state index in [0.29, 0.717) is 22.6 Å². The summed E-state index contributed by atoms with van der Waals surface area (Å²) in [6, 6.07) is 14.7. The van der Waals surface area contributed by atoms with Gasteiger partial charge in [0.1, 0.15) is 11.9 Å². The van der Waals surface area contributed by atoms with E-state index in [-0.39, 0.29) is 23.6 Å². The first-order chi connectivity index (χ1) is 21.5. The molecule has 2 bridgehead atoms. The molecule has 0 amide bonds. The predicted octanol–water partition coefficient (Wildman–Crippen LogP) is 9.26. The summed E-state index contributed by atoms with van der Waals surface area (Å²) in [5.41, 5.74) is 3.11. The molecule has 0 aromatic heterocycles. The van der Waals surface area contributed by atoms with E-state index in [1.807, 2.05) is 43.3 Å². The summed E-state index contributed by atoms with van der Waals surface area (Å²) in [6.45, 7) is 19.7. The molecular weight excluding hydrogens is 564 g/mol. The highest BCUT2D eigenvalue weighted by Gasteiger charge is 2.62. The van der Waals surface area contributed by atoms with Crippen molar-refractivity contribution in [2.24, 2.45) is 16.7 Å². The summed E-state index contributed by atoms with van der Waals surface area (Å²) in [7, 11) is 0. The minimum Gasteiger partial charge on any atom is -0.459 e. The summed E-state index contributed by atoms with van der Waals surface area (Å²) in [4.78, 5) is 24.3. The second-order valence-electron chi connectivity index (χ2n) is 13.3. The number of benzene rings is 2. The van der Waals surface area contributed by atoms with Gasteiger partial charge < -0.3 is 18.9 Å². The number of esters is 2. The summed E-state index contributed by atoms with van der Waals surface area (Å²) >= 11 is 0. The number of ether oxygens (including phenoxy) is 4. The molecule has 5 rings (SSSR count). The van der Waals surface area contributed by atoms with Gasteiger partial charge in [-0.15, -0.1) is 0 Å². The van der Waals surface area contributed by atoms with Crippen LogP contribution in [0.3, 0.4) is 0 Å². The van der Waals surface area contributed by atoms with E-state index in [9.17, 15) is 9.59 Å². The SMILES string of the molecule is C=CC(=O)OC1CC2CCC1(C)C2(C)C.C=Cc1ccc(OC(=O)C(OC(C)OC2CCCCC2)c2ccc(C=C)cc2)cc1. The molecule has 3 aliphatic carbocycles. The quantitative estimate of drug-likeness (QED) is 0.109. The maximum absolute atomic E-state index is 13.0. The van der Waals surface area contributed by atoms with Crippen LogP contribution in [0.2, 0.25) is 0 Å². The number of fused-ring (bicyclic) bond motifs is 2. The highest BCUT2D eigenvalue weighted by Crippen LogP contribution is 2.66. The van der Waals surface area contributed by atoms with Crippen molar-refractivity contribution in [2.45, 2.75) is 104 Å². The van der Waals surface area contributed by atoms with Crippen LogP contribution < -0.4 is 4.74 Å². The Morgan fingerprint density at radius 3 is 1.98 bits per heavy atom. The second-order valence-corrected chi connectivity index (χ2v) is 13.3. The average Bonchev–Trinajstić information content (AvgIpc) is 3.38. The molecule has 6 nitrogen and oxygen atoms in total. The molecule has 2 aromatic rings. The molecule has 0 radical (unpaired) electrons. The third-order valence-corrected chi connectivity index (χ3v) is 10.4. The zero-order chi connectivity index (χ0) is 32.6. The Morgan fingerprint density at radius 2 is 1.47 bits per heavy atom. The summed E-state index contributed by atoms with van der Waals surface area (Å²) < 4.78 is 23.2. The van der Waals surface area contributed by atoms with Crippen LogP contribution in [0.15, 0.2) is 74.3 Å². The van der Waals surface area contributed by atoms with Crippen LogP contribution in [0.5, 0.6) is 5.75 Å². The van der Waals surface area contributed by atoms with Gasteiger partial charge in [0.05, 0.1) is 6.10 Å². The number of hydrogen-bond acceptors (Lipinski definition) is 6. The fraction of sp³-hybridized carbons (Fsp3) is 0.487. The molecule has 3 aliphatic rings. The van der Waals surface area contributed by atoms with E-state index >= 15 is 0 Å². The van der Waals surface area contributed by atoms with E-state index in [1.165, 1.54) is 38.2 Å². The van der Waals surface area contributed by atoms with Crippen LogP contribution >= 0.6 is 0 Å². The van der Waals surface area contributed by atoms with Gasteiger partial charge in [0.15, 0.2) is 12.4 Å². The Morgan fingerprint density at radius 1 is 0.867 bits per heavy atom. The lowest BCUT2D eigenvalue weighted by molar-refractivity contribution is -0.201. The highest BCUT2D eigenvalue weighted by atomic mass is 16.7. The number of hydrogen-bond donors (Lipinski definition) is 0. The zero-order valence-corrected chi connectivity index (χ0v) is 27.5. The smallest absolute Gasteiger partial charge is 0.345 e. The van der Waals surface area contributed by atoms with Gasteiger partial charge in [-0.2, -0.15) is 0 Å². The third kappa shape index (κ3) is 8.22. The highest BCUT2D eigenvalue weighted by molar-refractivity contribution is 5.81. The van der Waals surface area contributed by atoms with Crippen LogP contribution in [0.4, 0.5) is 0 Å². The van der Waals surface area contributed by atoms with Crippen molar-refractivity contribution in [3.63, 3.8) is 0 Å². The van der Waals surface area contributed by atoms with Gasteiger partial charge in [0.2, 0.25) is 0 Å².